The molecule has 3 heteroatoms. The van der Waals surface area contributed by atoms with Crippen LogP contribution in [0.1, 0.15) is 25.5 Å². The van der Waals surface area contributed by atoms with Crippen LogP contribution in [0.3, 0.4) is 0 Å². The lowest BCUT2D eigenvalue weighted by molar-refractivity contribution is 0.597. The lowest BCUT2D eigenvalue weighted by Crippen LogP contribution is -2.25. The third kappa shape index (κ3) is 4.00. The molecular weight excluding hydrogens is 222 g/mol. The molecule has 0 amide bonds. The molecule has 98 valence electrons. The fourth-order valence-corrected chi connectivity index (χ4v) is 1.87. The maximum atomic E-state index is 4.42. The largest absolute Gasteiger partial charge is 0.349 e. The molecule has 0 bridgehead atoms. The zero-order valence-corrected chi connectivity index (χ0v) is 11.4. The highest BCUT2D eigenvalue weighted by molar-refractivity contribution is 5.43. The van der Waals surface area contributed by atoms with Crippen molar-refractivity contribution in [3.63, 3.8) is 0 Å². The van der Waals surface area contributed by atoms with Gasteiger partial charge in [0.25, 0.3) is 0 Å². The molecule has 1 atom stereocenters. The highest BCUT2D eigenvalue weighted by Crippen LogP contribution is 2.18. The first-order valence-electron chi connectivity index (χ1n) is 6.39. The minimum absolute atomic E-state index is 0.339. The Balaban J connectivity index is 2.90. The summed E-state index contributed by atoms with van der Waals surface area (Å²) in [6.45, 7) is 14.3. The molecule has 0 aliphatic carbocycles. The lowest BCUT2D eigenvalue weighted by atomic mass is 10.1. The second kappa shape index (κ2) is 7.67. The molecule has 1 aromatic heterocycles. The molecule has 0 fully saturated rings. The van der Waals surface area contributed by atoms with Crippen LogP contribution >= 0.6 is 0 Å². The Morgan fingerprint density at radius 2 is 2.06 bits per heavy atom. The van der Waals surface area contributed by atoms with Crippen LogP contribution in [0.15, 0.2) is 43.6 Å². The van der Waals surface area contributed by atoms with Crippen molar-refractivity contribution in [3.05, 3.63) is 49.2 Å². The molecule has 1 N–H and O–H groups in total. The van der Waals surface area contributed by atoms with E-state index < -0.39 is 0 Å². The second-order valence-electron chi connectivity index (χ2n) is 4.21. The van der Waals surface area contributed by atoms with Crippen molar-refractivity contribution >= 4 is 5.82 Å². The Kier molecular flexibility index (Phi) is 6.15. The maximum absolute atomic E-state index is 4.42. The fourth-order valence-electron chi connectivity index (χ4n) is 1.87. The Bertz CT molecular complexity index is 377. The first-order chi connectivity index (χ1) is 8.72. The number of anilines is 1. The number of nitrogens with one attached hydrogen (secondary N) is 1. The van der Waals surface area contributed by atoms with E-state index in [9.17, 15) is 0 Å². The van der Waals surface area contributed by atoms with Gasteiger partial charge in [-0.2, -0.15) is 0 Å². The van der Waals surface area contributed by atoms with E-state index in [1.54, 1.807) is 0 Å². The first-order valence-corrected chi connectivity index (χ1v) is 6.39. The van der Waals surface area contributed by atoms with Crippen molar-refractivity contribution in [3.8, 4) is 0 Å². The smallest absolute Gasteiger partial charge is 0.129 e. The normalized spacial score (nSPS) is 11.9. The second-order valence-corrected chi connectivity index (χ2v) is 4.21. The molecule has 1 rings (SSSR count). The van der Waals surface area contributed by atoms with E-state index in [2.05, 4.69) is 54.3 Å². The Labute approximate surface area is 110 Å². The van der Waals surface area contributed by atoms with E-state index in [1.807, 2.05) is 18.3 Å². The Morgan fingerprint density at radius 3 is 2.61 bits per heavy atom. The van der Waals surface area contributed by atoms with Gasteiger partial charge in [0.05, 0.1) is 0 Å². The van der Waals surface area contributed by atoms with Crippen LogP contribution in [-0.2, 0) is 0 Å². The summed E-state index contributed by atoms with van der Waals surface area (Å²) >= 11 is 0. The summed E-state index contributed by atoms with van der Waals surface area (Å²) < 4.78 is 0. The summed E-state index contributed by atoms with van der Waals surface area (Å²) in [6, 6.07) is 4.52. The molecule has 0 aliphatic rings. The summed E-state index contributed by atoms with van der Waals surface area (Å²) in [5.41, 5.74) is 1.25. The molecule has 0 aliphatic heterocycles. The number of aromatic nitrogens is 1. The zero-order chi connectivity index (χ0) is 13.4. The van der Waals surface area contributed by atoms with E-state index >= 15 is 0 Å². The zero-order valence-electron chi connectivity index (χ0n) is 11.4. The minimum atomic E-state index is 0.339. The fraction of sp³-hybridized carbons (Fsp3) is 0.400. The lowest BCUT2D eigenvalue weighted by Gasteiger charge is -2.22. The minimum Gasteiger partial charge on any atom is -0.349 e. The average Bonchev–Trinajstić information content (AvgIpc) is 2.39. The molecule has 0 saturated heterocycles. The summed E-state index contributed by atoms with van der Waals surface area (Å²) in [7, 11) is 0. The van der Waals surface area contributed by atoms with Crippen LogP contribution in [-0.4, -0.2) is 24.6 Å². The van der Waals surface area contributed by atoms with Gasteiger partial charge < -0.3 is 10.2 Å². The van der Waals surface area contributed by atoms with Gasteiger partial charge in [-0.3, -0.25) is 0 Å². The van der Waals surface area contributed by atoms with Crippen molar-refractivity contribution in [1.29, 1.82) is 0 Å². The van der Waals surface area contributed by atoms with Crippen molar-refractivity contribution in [2.75, 3.05) is 24.5 Å². The van der Waals surface area contributed by atoms with Gasteiger partial charge in [0.1, 0.15) is 5.82 Å². The predicted octanol–water partition coefficient (Wildman–Crippen LogP) is 2.93. The molecular formula is C15H23N3. The van der Waals surface area contributed by atoms with Crippen molar-refractivity contribution in [2.45, 2.75) is 19.9 Å². The van der Waals surface area contributed by atoms with Crippen molar-refractivity contribution in [2.24, 2.45) is 0 Å². The molecule has 1 aromatic rings. The van der Waals surface area contributed by atoms with Gasteiger partial charge in [-0.25, -0.2) is 4.98 Å². The molecule has 1 heterocycles. The van der Waals surface area contributed by atoms with Crippen molar-refractivity contribution < 1.29 is 0 Å². The van der Waals surface area contributed by atoms with Gasteiger partial charge in [-0.1, -0.05) is 19.1 Å². The SMILES string of the molecule is C=CCN(CC=C)c1cc(C(C)NCC)ccn1. The van der Waals surface area contributed by atoms with Crippen LogP contribution in [0.5, 0.6) is 0 Å². The molecule has 3 nitrogen and oxygen atoms in total. The number of rotatable bonds is 8. The Morgan fingerprint density at radius 1 is 1.39 bits per heavy atom. The van der Waals surface area contributed by atoms with Crippen LogP contribution < -0.4 is 10.2 Å². The molecule has 18 heavy (non-hydrogen) atoms. The van der Waals surface area contributed by atoms with E-state index in [-0.39, 0.29) is 0 Å². The van der Waals surface area contributed by atoms with Gasteiger partial charge in [-0.05, 0) is 31.2 Å². The average molecular weight is 245 g/mol. The van der Waals surface area contributed by atoms with Gasteiger partial charge >= 0.3 is 0 Å². The number of pyridine rings is 1. The topological polar surface area (TPSA) is 28.2 Å². The number of hydrogen-bond donors (Lipinski definition) is 1. The van der Waals surface area contributed by atoms with Crippen LogP contribution in [0, 0.1) is 0 Å². The highest BCUT2D eigenvalue weighted by Gasteiger charge is 2.08. The molecule has 0 saturated carbocycles. The maximum Gasteiger partial charge on any atom is 0.129 e. The summed E-state index contributed by atoms with van der Waals surface area (Å²) in [6.07, 6.45) is 5.62. The highest BCUT2D eigenvalue weighted by atomic mass is 15.2. The van der Waals surface area contributed by atoms with E-state index in [1.165, 1.54) is 5.56 Å². The van der Waals surface area contributed by atoms with E-state index in [0.717, 1.165) is 25.5 Å². The van der Waals surface area contributed by atoms with Crippen LogP contribution in [0.25, 0.3) is 0 Å². The van der Waals surface area contributed by atoms with Gasteiger partial charge in [0.2, 0.25) is 0 Å². The summed E-state index contributed by atoms with van der Waals surface area (Å²) in [4.78, 5) is 6.56. The predicted molar refractivity (Wildman–Crippen MR) is 78.9 cm³/mol. The van der Waals surface area contributed by atoms with Crippen molar-refractivity contribution in [1.82, 2.24) is 10.3 Å². The first kappa shape index (κ1) is 14.5. The number of hydrogen-bond acceptors (Lipinski definition) is 3. The van der Waals surface area contributed by atoms with Crippen LogP contribution in [0.4, 0.5) is 5.82 Å². The standard InChI is InChI=1S/C15H23N3/c1-5-10-18(11-6-2)15-12-14(8-9-17-15)13(4)16-7-3/h5-6,8-9,12-13,16H,1-2,7,10-11H2,3-4H3. The molecule has 0 radical (unpaired) electrons. The third-order valence-corrected chi connectivity index (χ3v) is 2.80. The molecule has 1 unspecified atom stereocenters. The van der Waals surface area contributed by atoms with Gasteiger partial charge in [0, 0.05) is 25.3 Å². The number of nitrogens with zero attached hydrogens (tertiary/aromatic N) is 2. The third-order valence-electron chi connectivity index (χ3n) is 2.80. The van der Waals surface area contributed by atoms with Crippen LogP contribution in [0.2, 0.25) is 0 Å². The van der Waals surface area contributed by atoms with Gasteiger partial charge in [-0.15, -0.1) is 13.2 Å². The quantitative estimate of drug-likeness (QED) is 0.714. The van der Waals surface area contributed by atoms with Gasteiger partial charge in [0.15, 0.2) is 0 Å². The molecule has 0 aromatic carbocycles. The van der Waals surface area contributed by atoms with E-state index in [4.69, 9.17) is 0 Å². The summed E-state index contributed by atoms with van der Waals surface area (Å²) in [5.74, 6) is 0.969. The van der Waals surface area contributed by atoms with E-state index in [0.29, 0.717) is 6.04 Å². The molecule has 0 spiro atoms. The monoisotopic (exact) mass is 245 g/mol. The Hall–Kier alpha value is -1.61. The summed E-state index contributed by atoms with van der Waals surface area (Å²) in [5, 5.41) is 3.41.